The molecule has 0 saturated heterocycles. The fraction of sp³-hybridized carbons (Fsp3) is 0.769. The van der Waals surface area contributed by atoms with Crippen LogP contribution in [0.15, 0.2) is 0 Å². The predicted octanol–water partition coefficient (Wildman–Crippen LogP) is 4.24. The number of aryl methyl sites for hydroxylation is 2. The molecule has 92 valence electrons. The summed E-state index contributed by atoms with van der Waals surface area (Å²) in [6, 6.07) is 0. The molecule has 1 aromatic rings. The summed E-state index contributed by atoms with van der Waals surface area (Å²) in [5.74, 6) is 0. The number of alkyl halides is 1. The Bertz CT molecular complexity index is 359. The van der Waals surface area contributed by atoms with E-state index in [2.05, 4.69) is 37.5 Å². The Balaban J connectivity index is 2.87. The van der Waals surface area contributed by atoms with Gasteiger partial charge < -0.3 is 0 Å². The van der Waals surface area contributed by atoms with Gasteiger partial charge in [-0.15, -0.1) is 11.6 Å². The molecule has 0 amide bonds. The van der Waals surface area contributed by atoms with Crippen LogP contribution in [0.5, 0.6) is 0 Å². The van der Waals surface area contributed by atoms with Gasteiger partial charge in [-0.1, -0.05) is 20.8 Å². The molecule has 0 N–H and O–H groups in total. The van der Waals surface area contributed by atoms with Gasteiger partial charge >= 0.3 is 0 Å². The van der Waals surface area contributed by atoms with E-state index in [-0.39, 0.29) is 5.38 Å². The highest BCUT2D eigenvalue weighted by Crippen LogP contribution is 2.27. The van der Waals surface area contributed by atoms with Crippen LogP contribution in [-0.4, -0.2) is 9.78 Å². The topological polar surface area (TPSA) is 17.8 Å². The SMILES string of the molecule is Cc1nn(CCC(C)(C)C)c(C)c1C(C)Cl. The highest BCUT2D eigenvalue weighted by Gasteiger charge is 2.17. The minimum Gasteiger partial charge on any atom is -0.269 e. The number of aromatic nitrogens is 2. The number of rotatable bonds is 3. The summed E-state index contributed by atoms with van der Waals surface area (Å²) in [5.41, 5.74) is 3.81. The maximum atomic E-state index is 6.16. The van der Waals surface area contributed by atoms with Crippen LogP contribution in [0.25, 0.3) is 0 Å². The molecule has 0 aliphatic carbocycles. The predicted molar refractivity (Wildman–Crippen MR) is 70.0 cm³/mol. The lowest BCUT2D eigenvalue weighted by molar-refractivity contribution is 0.338. The summed E-state index contributed by atoms with van der Waals surface area (Å²) in [7, 11) is 0. The van der Waals surface area contributed by atoms with Crippen molar-refractivity contribution < 1.29 is 0 Å². The zero-order valence-electron chi connectivity index (χ0n) is 11.3. The van der Waals surface area contributed by atoms with E-state index >= 15 is 0 Å². The lowest BCUT2D eigenvalue weighted by Gasteiger charge is -2.18. The molecule has 0 bridgehead atoms. The zero-order valence-corrected chi connectivity index (χ0v) is 12.0. The first kappa shape index (κ1) is 13.6. The van der Waals surface area contributed by atoms with Gasteiger partial charge in [0.15, 0.2) is 0 Å². The smallest absolute Gasteiger partial charge is 0.0643 e. The van der Waals surface area contributed by atoms with Gasteiger partial charge in [-0.2, -0.15) is 5.10 Å². The second-order valence-corrected chi connectivity index (χ2v) is 6.39. The van der Waals surface area contributed by atoms with E-state index in [0.29, 0.717) is 5.41 Å². The maximum Gasteiger partial charge on any atom is 0.0643 e. The molecular formula is C13H23ClN2. The van der Waals surface area contributed by atoms with Gasteiger partial charge in [0.25, 0.3) is 0 Å². The quantitative estimate of drug-likeness (QED) is 0.725. The standard InChI is InChI=1S/C13H23ClN2/c1-9(14)12-10(2)15-16(11(12)3)8-7-13(4,5)6/h9H,7-8H2,1-6H3. The molecule has 1 atom stereocenters. The molecule has 0 aromatic carbocycles. The van der Waals surface area contributed by atoms with Gasteiger partial charge in [0.05, 0.1) is 11.1 Å². The van der Waals surface area contributed by atoms with E-state index in [0.717, 1.165) is 18.7 Å². The summed E-state index contributed by atoms with van der Waals surface area (Å²) in [4.78, 5) is 0. The van der Waals surface area contributed by atoms with E-state index in [1.165, 1.54) is 11.3 Å². The van der Waals surface area contributed by atoms with E-state index in [4.69, 9.17) is 11.6 Å². The number of hydrogen-bond donors (Lipinski definition) is 0. The van der Waals surface area contributed by atoms with Gasteiger partial charge in [-0.25, -0.2) is 0 Å². The van der Waals surface area contributed by atoms with Crippen molar-refractivity contribution in [2.24, 2.45) is 5.41 Å². The minimum atomic E-state index is 0.0448. The Morgan fingerprint density at radius 2 is 1.88 bits per heavy atom. The van der Waals surface area contributed by atoms with Crippen molar-refractivity contribution in [1.29, 1.82) is 0 Å². The van der Waals surface area contributed by atoms with Gasteiger partial charge in [-0.3, -0.25) is 4.68 Å². The van der Waals surface area contributed by atoms with Crippen molar-refractivity contribution in [2.45, 2.75) is 59.9 Å². The molecule has 0 aliphatic heterocycles. The monoisotopic (exact) mass is 242 g/mol. The lowest BCUT2D eigenvalue weighted by Crippen LogP contribution is -2.12. The molecule has 1 rings (SSSR count). The highest BCUT2D eigenvalue weighted by molar-refractivity contribution is 6.20. The second-order valence-electron chi connectivity index (χ2n) is 5.73. The second kappa shape index (κ2) is 4.79. The van der Waals surface area contributed by atoms with Crippen molar-refractivity contribution in [2.75, 3.05) is 0 Å². The summed E-state index contributed by atoms with van der Waals surface area (Å²) in [5, 5.41) is 4.61. The Hall–Kier alpha value is -0.500. The number of nitrogens with zero attached hydrogens (tertiary/aromatic N) is 2. The normalized spacial score (nSPS) is 14.2. The summed E-state index contributed by atoms with van der Waals surface area (Å²) >= 11 is 6.16. The van der Waals surface area contributed by atoms with Crippen LogP contribution in [0.1, 0.15) is 56.4 Å². The van der Waals surface area contributed by atoms with Crippen molar-refractivity contribution in [3.63, 3.8) is 0 Å². The molecule has 3 heteroatoms. The Morgan fingerprint density at radius 1 is 1.31 bits per heavy atom. The first-order chi connectivity index (χ1) is 7.22. The average molecular weight is 243 g/mol. The molecule has 0 spiro atoms. The first-order valence-electron chi connectivity index (χ1n) is 5.90. The molecule has 0 saturated carbocycles. The third kappa shape index (κ3) is 3.24. The van der Waals surface area contributed by atoms with Crippen LogP contribution in [0, 0.1) is 19.3 Å². The molecule has 0 fully saturated rings. The Kier molecular flexibility index (Phi) is 4.06. The van der Waals surface area contributed by atoms with Crippen LogP contribution in [0.2, 0.25) is 0 Å². The maximum absolute atomic E-state index is 6.16. The molecule has 1 aromatic heterocycles. The van der Waals surface area contributed by atoms with E-state index < -0.39 is 0 Å². The molecule has 1 heterocycles. The van der Waals surface area contributed by atoms with Gasteiger partial charge in [-0.05, 0) is 32.6 Å². The fourth-order valence-corrected chi connectivity index (χ4v) is 2.26. The van der Waals surface area contributed by atoms with Crippen LogP contribution in [-0.2, 0) is 6.54 Å². The van der Waals surface area contributed by atoms with Crippen LogP contribution in [0.4, 0.5) is 0 Å². The molecule has 0 aliphatic rings. The van der Waals surface area contributed by atoms with Crippen LogP contribution >= 0.6 is 11.6 Å². The largest absolute Gasteiger partial charge is 0.269 e. The van der Waals surface area contributed by atoms with Gasteiger partial charge in [0, 0.05) is 17.8 Å². The van der Waals surface area contributed by atoms with Gasteiger partial charge in [0.2, 0.25) is 0 Å². The summed E-state index contributed by atoms with van der Waals surface area (Å²) in [6.45, 7) is 13.9. The van der Waals surface area contributed by atoms with Crippen LogP contribution in [0.3, 0.4) is 0 Å². The van der Waals surface area contributed by atoms with E-state index in [1.54, 1.807) is 0 Å². The van der Waals surface area contributed by atoms with Crippen molar-refractivity contribution in [1.82, 2.24) is 9.78 Å². The summed E-state index contributed by atoms with van der Waals surface area (Å²) < 4.78 is 2.09. The third-order valence-electron chi connectivity index (χ3n) is 2.91. The highest BCUT2D eigenvalue weighted by atomic mass is 35.5. The first-order valence-corrected chi connectivity index (χ1v) is 6.34. The molecular weight excluding hydrogens is 220 g/mol. The Morgan fingerprint density at radius 3 is 2.25 bits per heavy atom. The van der Waals surface area contributed by atoms with Crippen molar-refractivity contribution in [3.8, 4) is 0 Å². The van der Waals surface area contributed by atoms with Crippen molar-refractivity contribution >= 4 is 11.6 Å². The van der Waals surface area contributed by atoms with Crippen molar-refractivity contribution in [3.05, 3.63) is 17.0 Å². The molecule has 16 heavy (non-hydrogen) atoms. The van der Waals surface area contributed by atoms with E-state index in [9.17, 15) is 0 Å². The average Bonchev–Trinajstić information content (AvgIpc) is 2.36. The fourth-order valence-electron chi connectivity index (χ4n) is 1.95. The van der Waals surface area contributed by atoms with E-state index in [1.807, 2.05) is 13.8 Å². The van der Waals surface area contributed by atoms with Gasteiger partial charge in [0.1, 0.15) is 0 Å². The lowest BCUT2D eigenvalue weighted by atomic mass is 9.92. The number of halogens is 1. The molecule has 1 unspecified atom stereocenters. The van der Waals surface area contributed by atoms with Crippen LogP contribution < -0.4 is 0 Å². The summed E-state index contributed by atoms with van der Waals surface area (Å²) in [6.07, 6.45) is 1.13. The molecule has 2 nitrogen and oxygen atoms in total. The third-order valence-corrected chi connectivity index (χ3v) is 3.13. The Labute approximate surface area is 104 Å². The molecule has 0 radical (unpaired) electrons. The minimum absolute atomic E-state index is 0.0448. The number of hydrogen-bond acceptors (Lipinski definition) is 1. The zero-order chi connectivity index (χ0) is 12.5.